The highest BCUT2D eigenvalue weighted by molar-refractivity contribution is 6.01. The van der Waals surface area contributed by atoms with Crippen molar-refractivity contribution in [3.05, 3.63) is 11.6 Å². The summed E-state index contributed by atoms with van der Waals surface area (Å²) in [5.74, 6) is 3.00. The summed E-state index contributed by atoms with van der Waals surface area (Å²) in [5.41, 5.74) is 1.05. The molecule has 0 saturated heterocycles. The Morgan fingerprint density at radius 2 is 1.52 bits per heavy atom. The lowest BCUT2D eigenvalue weighted by atomic mass is 9.32. The minimum absolute atomic E-state index is 0.0786. The maximum absolute atomic E-state index is 14.0. The van der Waals surface area contributed by atoms with Gasteiger partial charge in [0, 0.05) is 30.8 Å². The van der Waals surface area contributed by atoms with E-state index in [2.05, 4.69) is 61.5 Å². The third-order valence-electron chi connectivity index (χ3n) is 14.3. The number of carbonyl (C=O) groups excluding carboxylic acids is 1. The van der Waals surface area contributed by atoms with E-state index in [-0.39, 0.29) is 32.9 Å². The summed E-state index contributed by atoms with van der Waals surface area (Å²) in [5, 5.41) is 10.9. The molecule has 0 bridgehead atoms. The van der Waals surface area contributed by atoms with Gasteiger partial charge < -0.3 is 14.6 Å². The molecule has 228 valence electrons. The first-order chi connectivity index (χ1) is 18.6. The lowest BCUT2D eigenvalue weighted by Crippen LogP contribution is -2.66. The number of hydrogen-bond acceptors (Lipinski definition) is 4. The van der Waals surface area contributed by atoms with Crippen molar-refractivity contribution in [2.45, 2.75) is 127 Å². The molecular weight excluding hydrogens is 496 g/mol. The van der Waals surface area contributed by atoms with Gasteiger partial charge in [-0.05, 0) is 122 Å². The molecule has 5 aliphatic carbocycles. The molecule has 0 heterocycles. The summed E-state index contributed by atoms with van der Waals surface area (Å²) in [4.78, 5) is 14.0. The van der Waals surface area contributed by atoms with E-state index in [0.29, 0.717) is 49.4 Å². The molecule has 4 nitrogen and oxygen atoms in total. The van der Waals surface area contributed by atoms with Crippen molar-refractivity contribution in [3.8, 4) is 0 Å². The van der Waals surface area contributed by atoms with Gasteiger partial charge in [-0.3, -0.25) is 4.79 Å². The highest BCUT2D eigenvalue weighted by Gasteiger charge is 2.71. The number of hydrogen-bond donors (Lipinski definition) is 1. The molecule has 9 atom stereocenters. The average molecular weight is 557 g/mol. The number of carbonyl (C=O) groups is 1. The molecule has 4 saturated carbocycles. The molecule has 0 radical (unpaired) electrons. The summed E-state index contributed by atoms with van der Waals surface area (Å²) < 4.78 is 12.1. The van der Waals surface area contributed by atoms with Crippen LogP contribution in [0.1, 0.15) is 121 Å². The van der Waals surface area contributed by atoms with E-state index >= 15 is 0 Å². The van der Waals surface area contributed by atoms with Crippen molar-refractivity contribution in [1.82, 2.24) is 0 Å². The SMILES string of the molecule is CCOC(OCC)C1=C[C@@]2(C)C(CC[C@]3(C)[C@@H]2CC[C@@H]2[C@H]4[C@H](C(C)(C)C)CC[C@]4(CO)CC[C@]23C)C(C)(C)C1=O. The number of aliphatic hydroxyl groups excluding tert-OH is 1. The van der Waals surface area contributed by atoms with Gasteiger partial charge in [-0.15, -0.1) is 0 Å². The zero-order valence-corrected chi connectivity index (χ0v) is 27.5. The number of rotatable bonds is 6. The summed E-state index contributed by atoms with van der Waals surface area (Å²) in [7, 11) is 0. The first-order valence-corrected chi connectivity index (χ1v) is 16.7. The molecule has 5 rings (SSSR count). The summed E-state index contributed by atoms with van der Waals surface area (Å²) in [6.07, 6.45) is 11.4. The van der Waals surface area contributed by atoms with Gasteiger partial charge in [0.1, 0.15) is 0 Å². The van der Waals surface area contributed by atoms with Crippen molar-refractivity contribution >= 4 is 5.78 Å². The highest BCUT2D eigenvalue weighted by Crippen LogP contribution is 2.77. The Morgan fingerprint density at radius 1 is 0.875 bits per heavy atom. The van der Waals surface area contributed by atoms with Crippen LogP contribution in [0.2, 0.25) is 0 Å². The largest absolute Gasteiger partial charge is 0.396 e. The second kappa shape index (κ2) is 9.91. The van der Waals surface area contributed by atoms with Gasteiger partial charge in [-0.1, -0.05) is 61.5 Å². The summed E-state index contributed by atoms with van der Waals surface area (Å²) >= 11 is 0. The van der Waals surface area contributed by atoms with E-state index in [4.69, 9.17) is 9.47 Å². The summed E-state index contributed by atoms with van der Waals surface area (Å²) in [6, 6.07) is 0. The lowest BCUT2D eigenvalue weighted by molar-refractivity contribution is -0.227. The monoisotopic (exact) mass is 556 g/mol. The zero-order chi connectivity index (χ0) is 29.5. The molecule has 0 aliphatic heterocycles. The maximum Gasteiger partial charge on any atom is 0.186 e. The Kier molecular flexibility index (Phi) is 7.62. The predicted molar refractivity (Wildman–Crippen MR) is 162 cm³/mol. The van der Waals surface area contributed by atoms with Crippen LogP contribution < -0.4 is 0 Å². The Hall–Kier alpha value is -0.710. The fourth-order valence-corrected chi connectivity index (χ4v) is 12.2. The molecule has 0 spiro atoms. The summed E-state index contributed by atoms with van der Waals surface area (Å²) in [6.45, 7) is 24.9. The van der Waals surface area contributed by atoms with E-state index in [1.807, 2.05) is 13.8 Å². The minimum Gasteiger partial charge on any atom is -0.396 e. The second-order valence-electron chi connectivity index (χ2n) is 17.0. The van der Waals surface area contributed by atoms with Crippen LogP contribution in [0.5, 0.6) is 0 Å². The fourth-order valence-electron chi connectivity index (χ4n) is 12.2. The van der Waals surface area contributed by atoms with Crippen LogP contribution in [0.4, 0.5) is 0 Å². The van der Waals surface area contributed by atoms with Gasteiger partial charge in [0.2, 0.25) is 0 Å². The third-order valence-corrected chi connectivity index (χ3v) is 14.3. The van der Waals surface area contributed by atoms with Gasteiger partial charge in [-0.2, -0.15) is 0 Å². The first-order valence-electron chi connectivity index (χ1n) is 16.7. The molecule has 0 aromatic rings. The van der Waals surface area contributed by atoms with E-state index in [9.17, 15) is 9.90 Å². The first kappa shape index (κ1) is 30.7. The molecule has 1 unspecified atom stereocenters. The number of aliphatic hydroxyl groups is 1. The number of fused-ring (bicyclic) bond motifs is 7. The van der Waals surface area contributed by atoms with E-state index in [0.717, 1.165) is 18.4 Å². The topological polar surface area (TPSA) is 55.8 Å². The Morgan fingerprint density at radius 3 is 2.10 bits per heavy atom. The Balaban J connectivity index is 1.59. The predicted octanol–water partition coefficient (Wildman–Crippen LogP) is 8.22. The number of ether oxygens (including phenoxy) is 2. The third kappa shape index (κ3) is 4.04. The molecule has 40 heavy (non-hydrogen) atoms. The minimum atomic E-state index is -0.578. The van der Waals surface area contributed by atoms with Crippen LogP contribution in [0.15, 0.2) is 11.6 Å². The van der Waals surface area contributed by atoms with E-state index < -0.39 is 11.7 Å². The van der Waals surface area contributed by atoms with Gasteiger partial charge in [-0.25, -0.2) is 0 Å². The Bertz CT molecular complexity index is 1020. The van der Waals surface area contributed by atoms with E-state index in [1.54, 1.807) is 0 Å². The van der Waals surface area contributed by atoms with Crippen LogP contribution in [0.3, 0.4) is 0 Å². The highest BCUT2D eigenvalue weighted by atomic mass is 16.7. The Labute approximate surface area is 245 Å². The van der Waals surface area contributed by atoms with Crippen LogP contribution >= 0.6 is 0 Å². The van der Waals surface area contributed by atoms with Crippen LogP contribution in [0.25, 0.3) is 0 Å². The van der Waals surface area contributed by atoms with Crippen LogP contribution in [-0.4, -0.2) is 37.0 Å². The molecule has 0 amide bonds. The number of Topliss-reactive ketones (excluding diaryl/α,β-unsaturated/α-hetero) is 1. The second-order valence-corrected chi connectivity index (χ2v) is 17.0. The smallest absolute Gasteiger partial charge is 0.186 e. The molecular formula is C36H60O4. The van der Waals surface area contributed by atoms with Crippen molar-refractivity contribution < 1.29 is 19.4 Å². The van der Waals surface area contributed by atoms with Gasteiger partial charge in [0.25, 0.3) is 0 Å². The average Bonchev–Trinajstić information content (AvgIpc) is 3.27. The maximum atomic E-state index is 14.0. The molecule has 4 heteroatoms. The van der Waals surface area contributed by atoms with Gasteiger partial charge in [0.05, 0.1) is 0 Å². The normalized spacial score (nSPS) is 46.4. The van der Waals surface area contributed by atoms with Crippen LogP contribution in [0, 0.1) is 62.1 Å². The lowest BCUT2D eigenvalue weighted by Gasteiger charge is -2.72. The standard InChI is InChI=1S/C36H60O4/c1-11-39-30(40-12-2)23-21-33(8)26(32(6,7)29(23)38)16-17-35(10)27(33)14-13-25-28-24(31(3,4)5)15-18-36(28,22-37)20-19-34(25,35)9/h21,24-28,30,37H,11-20,22H2,1-10H3/t24-,25-,26?,27-,28-,33+,34-,35-,36-/m1/s1. The van der Waals surface area contributed by atoms with E-state index in [1.165, 1.54) is 38.5 Å². The molecule has 0 aromatic heterocycles. The van der Waals surface area contributed by atoms with Crippen molar-refractivity contribution in [1.29, 1.82) is 0 Å². The quantitative estimate of drug-likeness (QED) is 0.335. The fraction of sp³-hybridized carbons (Fsp3) is 0.917. The van der Waals surface area contributed by atoms with Crippen molar-refractivity contribution in [3.63, 3.8) is 0 Å². The zero-order valence-electron chi connectivity index (χ0n) is 27.5. The number of ketones is 1. The van der Waals surface area contributed by atoms with Gasteiger partial charge >= 0.3 is 0 Å². The van der Waals surface area contributed by atoms with Crippen LogP contribution in [-0.2, 0) is 14.3 Å². The van der Waals surface area contributed by atoms with Crippen molar-refractivity contribution in [2.75, 3.05) is 19.8 Å². The van der Waals surface area contributed by atoms with Gasteiger partial charge in [0.15, 0.2) is 12.1 Å². The molecule has 0 aromatic carbocycles. The van der Waals surface area contributed by atoms with Crippen molar-refractivity contribution in [2.24, 2.45) is 62.1 Å². The molecule has 5 aliphatic rings. The molecule has 4 fully saturated rings. The number of allylic oxidation sites excluding steroid dienone is 1. The molecule has 1 N–H and O–H groups in total.